The Morgan fingerprint density at radius 1 is 1.80 bits per heavy atom. The minimum absolute atomic E-state index is 0.547. The topological polar surface area (TPSA) is 41.3 Å². The molecule has 3 nitrogen and oxygen atoms in total. The number of hydrogen-bond donors (Lipinski definition) is 2. The lowest BCUT2D eigenvalue weighted by Gasteiger charge is -2.12. The molecule has 0 saturated carbocycles. The molecule has 0 saturated heterocycles. The van der Waals surface area contributed by atoms with E-state index in [4.69, 9.17) is 5.84 Å². The Hall–Kier alpha value is -0.380. The summed E-state index contributed by atoms with van der Waals surface area (Å²) in [5.41, 5.74) is 0. The van der Waals surface area contributed by atoms with E-state index in [9.17, 15) is 0 Å². The van der Waals surface area contributed by atoms with Gasteiger partial charge in [0.05, 0.1) is 0 Å². The molecule has 0 aliphatic carbocycles. The van der Waals surface area contributed by atoms with Crippen molar-refractivity contribution in [2.75, 3.05) is 20.1 Å². The molecule has 1 atom stereocenters. The first-order valence-corrected chi connectivity index (χ1v) is 3.65. The van der Waals surface area contributed by atoms with Gasteiger partial charge in [0, 0.05) is 26.2 Å². The molecule has 0 amide bonds. The molecule has 10 heavy (non-hydrogen) atoms. The normalized spacial score (nSPS) is 24.5. The zero-order chi connectivity index (χ0) is 7.40. The van der Waals surface area contributed by atoms with Crippen molar-refractivity contribution < 1.29 is 0 Å². The van der Waals surface area contributed by atoms with E-state index < -0.39 is 0 Å². The van der Waals surface area contributed by atoms with Crippen LogP contribution in [0.15, 0.2) is 12.2 Å². The molecule has 0 aromatic carbocycles. The van der Waals surface area contributed by atoms with E-state index in [0.29, 0.717) is 6.04 Å². The maximum Gasteiger partial charge on any atom is 0.0266 e. The van der Waals surface area contributed by atoms with Crippen molar-refractivity contribution in [2.24, 2.45) is 5.84 Å². The van der Waals surface area contributed by atoms with Gasteiger partial charge < -0.3 is 5.32 Å². The largest absolute Gasteiger partial charge is 0.307 e. The smallest absolute Gasteiger partial charge is 0.0266 e. The highest BCUT2D eigenvalue weighted by Crippen LogP contribution is 1.99. The third-order valence-electron chi connectivity index (χ3n) is 1.66. The van der Waals surface area contributed by atoms with Crippen molar-refractivity contribution in [1.29, 1.82) is 0 Å². The van der Waals surface area contributed by atoms with E-state index in [-0.39, 0.29) is 0 Å². The second-order valence-electron chi connectivity index (χ2n) is 2.71. The van der Waals surface area contributed by atoms with Gasteiger partial charge >= 0.3 is 0 Å². The van der Waals surface area contributed by atoms with E-state index in [1.165, 1.54) is 0 Å². The van der Waals surface area contributed by atoms with Crippen LogP contribution in [0.4, 0.5) is 0 Å². The molecule has 0 radical (unpaired) electrons. The number of nitrogens with zero attached hydrogens (tertiary/aromatic N) is 1. The molecular formula is C7H15N3. The fraction of sp³-hybridized carbons (Fsp3) is 0.714. The van der Waals surface area contributed by atoms with Crippen molar-refractivity contribution >= 4 is 0 Å². The van der Waals surface area contributed by atoms with Crippen LogP contribution in [0.2, 0.25) is 0 Å². The van der Waals surface area contributed by atoms with E-state index in [1.54, 1.807) is 5.01 Å². The summed E-state index contributed by atoms with van der Waals surface area (Å²) in [5, 5.41) is 5.03. The molecule has 1 heterocycles. The summed E-state index contributed by atoms with van der Waals surface area (Å²) in [5.74, 6) is 5.45. The van der Waals surface area contributed by atoms with Gasteiger partial charge in [-0.1, -0.05) is 12.2 Å². The molecule has 1 rings (SSSR count). The lowest BCUT2D eigenvalue weighted by molar-refractivity contribution is 0.332. The SMILES string of the molecule is CN(N)CCC1C=CCN1. The average Bonchev–Trinajstić information content (AvgIpc) is 2.34. The van der Waals surface area contributed by atoms with Crippen LogP contribution in [0.25, 0.3) is 0 Å². The quantitative estimate of drug-likeness (QED) is 0.322. The number of nitrogens with one attached hydrogen (secondary N) is 1. The Morgan fingerprint density at radius 2 is 2.60 bits per heavy atom. The van der Waals surface area contributed by atoms with Gasteiger partial charge in [-0.05, 0) is 6.42 Å². The summed E-state index contributed by atoms with van der Waals surface area (Å²) in [4.78, 5) is 0. The zero-order valence-corrected chi connectivity index (χ0v) is 6.38. The Balaban J connectivity index is 2.08. The van der Waals surface area contributed by atoms with E-state index in [0.717, 1.165) is 19.5 Å². The van der Waals surface area contributed by atoms with Gasteiger partial charge in [-0.3, -0.25) is 10.9 Å². The van der Waals surface area contributed by atoms with Gasteiger partial charge in [-0.25, -0.2) is 0 Å². The highest BCUT2D eigenvalue weighted by molar-refractivity contribution is 5.01. The number of hydrogen-bond acceptors (Lipinski definition) is 3. The zero-order valence-electron chi connectivity index (χ0n) is 6.38. The Bertz CT molecular complexity index is 120. The average molecular weight is 141 g/mol. The fourth-order valence-corrected chi connectivity index (χ4v) is 1.06. The van der Waals surface area contributed by atoms with Gasteiger partial charge in [0.15, 0.2) is 0 Å². The third-order valence-corrected chi connectivity index (χ3v) is 1.66. The summed E-state index contributed by atoms with van der Waals surface area (Å²) in [6.07, 6.45) is 5.45. The predicted molar refractivity (Wildman–Crippen MR) is 42.4 cm³/mol. The van der Waals surface area contributed by atoms with Crippen LogP contribution in [-0.2, 0) is 0 Å². The molecule has 0 aromatic rings. The molecule has 0 fully saturated rings. The second kappa shape index (κ2) is 3.71. The Kier molecular flexibility index (Phi) is 2.86. The molecule has 58 valence electrons. The maximum absolute atomic E-state index is 5.45. The van der Waals surface area contributed by atoms with Gasteiger partial charge in [0.1, 0.15) is 0 Å². The number of nitrogens with two attached hydrogens (primary N) is 1. The minimum Gasteiger partial charge on any atom is -0.307 e. The summed E-state index contributed by atoms with van der Waals surface area (Å²) in [6.45, 7) is 1.96. The van der Waals surface area contributed by atoms with E-state index >= 15 is 0 Å². The lowest BCUT2D eigenvalue weighted by atomic mass is 10.2. The molecule has 0 aromatic heterocycles. The van der Waals surface area contributed by atoms with Crippen molar-refractivity contribution in [3.05, 3.63) is 12.2 Å². The van der Waals surface area contributed by atoms with Gasteiger partial charge in [-0.15, -0.1) is 0 Å². The van der Waals surface area contributed by atoms with Gasteiger partial charge in [0.2, 0.25) is 0 Å². The summed E-state index contributed by atoms with van der Waals surface area (Å²) in [7, 11) is 1.89. The van der Waals surface area contributed by atoms with Crippen LogP contribution in [-0.4, -0.2) is 31.2 Å². The number of hydrazine groups is 1. The van der Waals surface area contributed by atoms with Crippen molar-refractivity contribution in [3.63, 3.8) is 0 Å². The van der Waals surface area contributed by atoms with Crippen molar-refractivity contribution in [3.8, 4) is 0 Å². The maximum atomic E-state index is 5.45. The van der Waals surface area contributed by atoms with Crippen LogP contribution < -0.4 is 11.2 Å². The fourth-order valence-electron chi connectivity index (χ4n) is 1.06. The highest BCUT2D eigenvalue weighted by Gasteiger charge is 2.06. The number of rotatable bonds is 3. The summed E-state index contributed by atoms with van der Waals surface area (Å²) in [6, 6.07) is 0.547. The summed E-state index contributed by atoms with van der Waals surface area (Å²) < 4.78 is 0. The monoisotopic (exact) mass is 141 g/mol. The molecule has 1 aliphatic rings. The summed E-state index contributed by atoms with van der Waals surface area (Å²) >= 11 is 0. The van der Waals surface area contributed by atoms with Crippen LogP contribution >= 0.6 is 0 Å². The minimum atomic E-state index is 0.547. The second-order valence-corrected chi connectivity index (χ2v) is 2.71. The predicted octanol–water partition coefficient (Wildman–Crippen LogP) is -0.290. The van der Waals surface area contributed by atoms with E-state index in [2.05, 4.69) is 17.5 Å². The van der Waals surface area contributed by atoms with Crippen LogP contribution in [0.3, 0.4) is 0 Å². The van der Waals surface area contributed by atoms with Crippen molar-refractivity contribution in [1.82, 2.24) is 10.3 Å². The Labute approximate surface area is 61.9 Å². The highest BCUT2D eigenvalue weighted by atomic mass is 15.4. The standard InChI is InChI=1S/C7H15N3/c1-10(8)6-4-7-3-2-5-9-7/h2-3,7,9H,4-6,8H2,1H3. The first kappa shape index (κ1) is 7.72. The molecule has 1 unspecified atom stereocenters. The molecule has 3 heteroatoms. The molecule has 0 spiro atoms. The third kappa shape index (κ3) is 2.47. The molecule has 3 N–H and O–H groups in total. The Morgan fingerprint density at radius 3 is 3.10 bits per heavy atom. The van der Waals surface area contributed by atoms with Crippen LogP contribution in [0, 0.1) is 0 Å². The van der Waals surface area contributed by atoms with Crippen LogP contribution in [0.5, 0.6) is 0 Å². The first-order valence-electron chi connectivity index (χ1n) is 3.65. The van der Waals surface area contributed by atoms with Gasteiger partial charge in [-0.2, -0.15) is 0 Å². The van der Waals surface area contributed by atoms with Gasteiger partial charge in [0.25, 0.3) is 0 Å². The van der Waals surface area contributed by atoms with Crippen LogP contribution in [0.1, 0.15) is 6.42 Å². The molecular weight excluding hydrogens is 126 g/mol. The lowest BCUT2D eigenvalue weighted by Crippen LogP contribution is -2.32. The van der Waals surface area contributed by atoms with E-state index in [1.807, 2.05) is 7.05 Å². The van der Waals surface area contributed by atoms with Crippen molar-refractivity contribution in [2.45, 2.75) is 12.5 Å². The molecule has 1 aliphatic heterocycles. The molecule has 0 bridgehead atoms. The first-order chi connectivity index (χ1) is 4.79.